The number of nitrogens with one attached hydrogen (secondary N) is 1. The fraction of sp³-hybridized carbons (Fsp3) is 0.533. The van der Waals surface area contributed by atoms with Crippen molar-refractivity contribution in [2.75, 3.05) is 18.4 Å². The minimum atomic E-state index is -0.128. The molecule has 1 unspecified atom stereocenters. The van der Waals surface area contributed by atoms with E-state index in [4.69, 9.17) is 5.73 Å². The first-order chi connectivity index (χ1) is 10.5. The van der Waals surface area contributed by atoms with Crippen molar-refractivity contribution in [1.82, 2.24) is 9.88 Å². The number of carbonyl (C=O) groups is 2. The van der Waals surface area contributed by atoms with Gasteiger partial charge in [-0.3, -0.25) is 9.59 Å². The lowest BCUT2D eigenvalue weighted by Gasteiger charge is -2.31. The largest absolute Gasteiger partial charge is 0.343 e. The molecule has 2 heterocycles. The molecule has 1 fully saturated rings. The number of nitrogens with zero attached hydrogens (tertiary/aromatic N) is 2. The molecule has 9 heteroatoms. The number of likely N-dealkylation sites (tertiary alicyclic amines) is 1. The smallest absolute Gasteiger partial charge is 0.228 e. The highest BCUT2D eigenvalue weighted by Crippen LogP contribution is 2.20. The Bertz CT molecular complexity index is 535. The third kappa shape index (κ3) is 6.93. The van der Waals surface area contributed by atoms with E-state index < -0.39 is 0 Å². The molecule has 136 valence electrons. The van der Waals surface area contributed by atoms with Crippen molar-refractivity contribution in [3.8, 4) is 0 Å². The zero-order valence-electron chi connectivity index (χ0n) is 13.4. The molecule has 0 spiro atoms. The van der Waals surface area contributed by atoms with E-state index in [2.05, 4.69) is 26.2 Å². The fourth-order valence-corrected chi connectivity index (χ4v) is 2.71. The highest BCUT2D eigenvalue weighted by Gasteiger charge is 2.27. The topological polar surface area (TPSA) is 88.3 Å². The molecular formula is C15H23BrCl2N4O2. The normalized spacial score (nSPS) is 15.7. The number of amides is 2. The summed E-state index contributed by atoms with van der Waals surface area (Å²) in [6.45, 7) is 3.04. The van der Waals surface area contributed by atoms with E-state index in [-0.39, 0.29) is 48.6 Å². The van der Waals surface area contributed by atoms with Crippen LogP contribution in [-0.2, 0) is 9.59 Å². The number of aromatic nitrogens is 1. The molecule has 1 atom stereocenters. The summed E-state index contributed by atoms with van der Waals surface area (Å²) >= 11 is 3.30. The molecule has 1 aromatic heterocycles. The van der Waals surface area contributed by atoms with Crippen molar-refractivity contribution in [3.05, 3.63) is 22.8 Å². The second-order valence-electron chi connectivity index (χ2n) is 5.69. The first kappa shape index (κ1) is 23.1. The van der Waals surface area contributed by atoms with Crippen molar-refractivity contribution in [1.29, 1.82) is 0 Å². The van der Waals surface area contributed by atoms with Crippen LogP contribution in [0.2, 0.25) is 0 Å². The number of rotatable bonds is 4. The van der Waals surface area contributed by atoms with E-state index in [1.165, 1.54) is 0 Å². The minimum absolute atomic E-state index is 0. The molecule has 0 radical (unpaired) electrons. The van der Waals surface area contributed by atoms with Crippen molar-refractivity contribution < 1.29 is 9.59 Å². The van der Waals surface area contributed by atoms with Crippen LogP contribution >= 0.6 is 40.7 Å². The summed E-state index contributed by atoms with van der Waals surface area (Å²) in [7, 11) is 0. The van der Waals surface area contributed by atoms with Crippen molar-refractivity contribution in [2.24, 2.45) is 11.7 Å². The number of hydrogen-bond acceptors (Lipinski definition) is 4. The minimum Gasteiger partial charge on any atom is -0.343 e. The Morgan fingerprint density at radius 2 is 2.00 bits per heavy atom. The molecule has 1 aliphatic rings. The highest BCUT2D eigenvalue weighted by atomic mass is 79.9. The molecule has 1 aliphatic heterocycles. The maximum Gasteiger partial charge on any atom is 0.228 e. The lowest BCUT2D eigenvalue weighted by molar-refractivity contribution is -0.134. The van der Waals surface area contributed by atoms with Crippen LogP contribution in [0.5, 0.6) is 0 Å². The Morgan fingerprint density at radius 3 is 2.50 bits per heavy atom. The van der Waals surface area contributed by atoms with Crippen LogP contribution in [0.25, 0.3) is 0 Å². The molecule has 0 saturated carbocycles. The van der Waals surface area contributed by atoms with E-state index in [0.717, 1.165) is 4.47 Å². The van der Waals surface area contributed by atoms with Gasteiger partial charge in [-0.25, -0.2) is 4.98 Å². The lowest BCUT2D eigenvalue weighted by atomic mass is 9.95. The van der Waals surface area contributed by atoms with E-state index >= 15 is 0 Å². The second-order valence-corrected chi connectivity index (χ2v) is 6.60. The summed E-state index contributed by atoms with van der Waals surface area (Å²) in [6, 6.07) is 3.46. The number of hydrogen-bond donors (Lipinski definition) is 2. The first-order valence-corrected chi connectivity index (χ1v) is 8.21. The van der Waals surface area contributed by atoms with Gasteiger partial charge in [0.2, 0.25) is 11.8 Å². The quantitative estimate of drug-likeness (QED) is 0.751. The van der Waals surface area contributed by atoms with Gasteiger partial charge in [-0.1, -0.05) is 0 Å². The lowest BCUT2D eigenvalue weighted by Crippen LogP contribution is -2.42. The van der Waals surface area contributed by atoms with Gasteiger partial charge in [0, 0.05) is 42.1 Å². The van der Waals surface area contributed by atoms with Gasteiger partial charge in [0.15, 0.2) is 0 Å². The average molecular weight is 442 g/mol. The first-order valence-electron chi connectivity index (χ1n) is 7.41. The Hall–Kier alpha value is -0.890. The van der Waals surface area contributed by atoms with Crippen LogP contribution < -0.4 is 11.1 Å². The zero-order chi connectivity index (χ0) is 16.1. The van der Waals surface area contributed by atoms with Crippen LogP contribution in [0.4, 0.5) is 5.82 Å². The molecule has 0 bridgehead atoms. The monoisotopic (exact) mass is 440 g/mol. The van der Waals surface area contributed by atoms with Gasteiger partial charge < -0.3 is 16.0 Å². The van der Waals surface area contributed by atoms with E-state index in [0.29, 0.717) is 38.2 Å². The molecular weight excluding hydrogens is 419 g/mol. The van der Waals surface area contributed by atoms with Gasteiger partial charge >= 0.3 is 0 Å². The van der Waals surface area contributed by atoms with Crippen LogP contribution in [0.3, 0.4) is 0 Å². The SMILES string of the molecule is CC(N)CC(=O)N1CCC(C(=O)Nc2ccc(Br)cn2)CC1.Cl.Cl. The molecule has 3 N–H and O–H groups in total. The van der Waals surface area contributed by atoms with Crippen LogP contribution in [0.15, 0.2) is 22.8 Å². The predicted octanol–water partition coefficient (Wildman–Crippen LogP) is 2.60. The summed E-state index contributed by atoms with van der Waals surface area (Å²) in [5.41, 5.74) is 5.65. The van der Waals surface area contributed by atoms with Crippen LogP contribution in [0, 0.1) is 5.92 Å². The molecule has 2 amide bonds. The Kier molecular flexibility index (Phi) is 10.5. The molecule has 1 aromatic rings. The fourth-order valence-electron chi connectivity index (χ4n) is 2.47. The third-order valence-corrected chi connectivity index (χ3v) is 4.16. The second kappa shape index (κ2) is 10.9. The summed E-state index contributed by atoms with van der Waals surface area (Å²) in [4.78, 5) is 30.1. The van der Waals surface area contributed by atoms with Gasteiger partial charge in [0.25, 0.3) is 0 Å². The Labute approximate surface area is 162 Å². The van der Waals surface area contributed by atoms with Crippen LogP contribution in [-0.4, -0.2) is 40.8 Å². The standard InChI is InChI=1S/C15H21BrN4O2.2ClH/c1-10(17)8-14(21)20-6-4-11(5-7-20)15(22)19-13-3-2-12(16)9-18-13;;/h2-3,9-11H,4-8,17H2,1H3,(H,18,19,22);2*1H. The summed E-state index contributed by atoms with van der Waals surface area (Å²) in [5, 5.41) is 2.82. The molecule has 1 saturated heterocycles. The molecule has 2 rings (SSSR count). The molecule has 24 heavy (non-hydrogen) atoms. The average Bonchev–Trinajstić information content (AvgIpc) is 2.49. The van der Waals surface area contributed by atoms with Gasteiger partial charge in [-0.05, 0) is 47.8 Å². The molecule has 6 nitrogen and oxygen atoms in total. The van der Waals surface area contributed by atoms with E-state index in [1.807, 2.05) is 13.0 Å². The van der Waals surface area contributed by atoms with Crippen molar-refractivity contribution in [2.45, 2.75) is 32.2 Å². The van der Waals surface area contributed by atoms with Gasteiger partial charge in [-0.2, -0.15) is 0 Å². The van der Waals surface area contributed by atoms with Gasteiger partial charge in [-0.15, -0.1) is 24.8 Å². The van der Waals surface area contributed by atoms with E-state index in [1.54, 1.807) is 17.2 Å². The Balaban J connectivity index is 0.00000264. The zero-order valence-corrected chi connectivity index (χ0v) is 16.6. The molecule has 0 aromatic carbocycles. The summed E-state index contributed by atoms with van der Waals surface area (Å²) in [5.74, 6) is 0.506. The van der Waals surface area contributed by atoms with Crippen molar-refractivity contribution >= 4 is 58.4 Å². The number of carbonyl (C=O) groups excluding carboxylic acids is 2. The van der Waals surface area contributed by atoms with Crippen LogP contribution in [0.1, 0.15) is 26.2 Å². The number of pyridine rings is 1. The number of halogens is 3. The summed E-state index contributed by atoms with van der Waals surface area (Å²) in [6.07, 6.45) is 3.35. The maximum atomic E-state index is 12.2. The number of piperidine rings is 1. The van der Waals surface area contributed by atoms with Gasteiger partial charge in [0.1, 0.15) is 5.82 Å². The summed E-state index contributed by atoms with van der Waals surface area (Å²) < 4.78 is 0.867. The Morgan fingerprint density at radius 1 is 1.38 bits per heavy atom. The molecule has 0 aliphatic carbocycles. The van der Waals surface area contributed by atoms with Gasteiger partial charge in [0.05, 0.1) is 0 Å². The van der Waals surface area contributed by atoms with E-state index in [9.17, 15) is 9.59 Å². The maximum absolute atomic E-state index is 12.2. The number of nitrogens with two attached hydrogens (primary N) is 1. The predicted molar refractivity (Wildman–Crippen MR) is 103 cm³/mol. The third-order valence-electron chi connectivity index (χ3n) is 3.69. The highest BCUT2D eigenvalue weighted by molar-refractivity contribution is 9.10. The van der Waals surface area contributed by atoms with Crippen molar-refractivity contribution in [3.63, 3.8) is 0 Å². The number of anilines is 1.